The predicted octanol–water partition coefficient (Wildman–Crippen LogP) is 1.69. The van der Waals surface area contributed by atoms with E-state index in [1.807, 2.05) is 0 Å². The van der Waals surface area contributed by atoms with E-state index in [1.165, 1.54) is 31.3 Å². The highest BCUT2D eigenvalue weighted by molar-refractivity contribution is 7.92. The molecular formula is C12H12N2O5S. The van der Waals surface area contributed by atoms with Crippen molar-refractivity contribution in [2.75, 3.05) is 6.26 Å². The van der Waals surface area contributed by atoms with Crippen LogP contribution < -0.4 is 0 Å². The Hall–Kier alpha value is -2.22. The third kappa shape index (κ3) is 2.42. The van der Waals surface area contributed by atoms with Crippen LogP contribution in [-0.4, -0.2) is 35.6 Å². The van der Waals surface area contributed by atoms with Gasteiger partial charge in [0.2, 0.25) is 0 Å². The number of H-pyrrole nitrogens is 1. The van der Waals surface area contributed by atoms with E-state index < -0.39 is 25.8 Å². The van der Waals surface area contributed by atoms with E-state index in [4.69, 9.17) is 0 Å². The molecule has 8 heteroatoms. The van der Waals surface area contributed by atoms with Gasteiger partial charge in [-0.05, 0) is 13.0 Å². The maximum absolute atomic E-state index is 12.2. The number of sulfone groups is 1. The highest BCUT2D eigenvalue weighted by Gasteiger charge is 2.27. The lowest BCUT2D eigenvalue weighted by Gasteiger charge is -2.07. The number of ketones is 1. The summed E-state index contributed by atoms with van der Waals surface area (Å²) in [5, 5.41) is 9.91. The fraction of sp³-hybridized carbons (Fsp3) is 0.250. The van der Waals surface area contributed by atoms with Crippen LogP contribution >= 0.6 is 0 Å². The molecule has 2 rings (SSSR count). The lowest BCUT2D eigenvalue weighted by molar-refractivity contribution is -0.384. The SMILES string of the molecule is CC(C(=O)c1c[nH]c2ccc([N+](=O)[O-])cc12)S(C)(=O)=O. The Bertz CT molecular complexity index is 806. The van der Waals surface area contributed by atoms with Crippen LogP contribution in [0.25, 0.3) is 10.9 Å². The van der Waals surface area contributed by atoms with Crippen LogP contribution in [0.15, 0.2) is 24.4 Å². The van der Waals surface area contributed by atoms with E-state index >= 15 is 0 Å². The first-order chi connectivity index (χ1) is 9.21. The van der Waals surface area contributed by atoms with Crippen LogP contribution in [0.1, 0.15) is 17.3 Å². The first kappa shape index (κ1) is 14.2. The summed E-state index contributed by atoms with van der Waals surface area (Å²) >= 11 is 0. The Morgan fingerprint density at radius 1 is 1.40 bits per heavy atom. The van der Waals surface area contributed by atoms with Gasteiger partial charge in [0.05, 0.1) is 4.92 Å². The Labute approximate surface area is 114 Å². The molecule has 20 heavy (non-hydrogen) atoms. The van der Waals surface area contributed by atoms with Crippen molar-refractivity contribution in [1.29, 1.82) is 0 Å². The number of hydrogen-bond donors (Lipinski definition) is 1. The van der Waals surface area contributed by atoms with Crippen molar-refractivity contribution < 1.29 is 18.1 Å². The third-order valence-electron chi connectivity index (χ3n) is 3.15. The first-order valence-corrected chi connectivity index (χ1v) is 7.66. The van der Waals surface area contributed by atoms with Gasteiger partial charge in [-0.1, -0.05) is 0 Å². The Morgan fingerprint density at radius 3 is 2.60 bits per heavy atom. The van der Waals surface area contributed by atoms with E-state index in [0.717, 1.165) is 6.26 Å². The summed E-state index contributed by atoms with van der Waals surface area (Å²) in [5.41, 5.74) is 0.527. The molecule has 1 aromatic carbocycles. The monoisotopic (exact) mass is 296 g/mol. The highest BCUT2D eigenvalue weighted by atomic mass is 32.2. The van der Waals surface area contributed by atoms with Gasteiger partial charge in [-0.2, -0.15) is 0 Å². The number of nitrogens with zero attached hydrogens (tertiary/aromatic N) is 1. The van der Waals surface area contributed by atoms with E-state index in [-0.39, 0.29) is 11.3 Å². The fourth-order valence-electron chi connectivity index (χ4n) is 1.84. The molecule has 1 heterocycles. The molecule has 1 aromatic heterocycles. The summed E-state index contributed by atoms with van der Waals surface area (Å²) < 4.78 is 22.9. The standard InChI is InChI=1S/C12H12N2O5S/c1-7(20(2,18)19)12(15)10-6-13-11-4-3-8(14(16)17)5-9(10)11/h3-7,13H,1-2H3. The maximum atomic E-state index is 12.2. The van der Waals surface area contributed by atoms with Gasteiger partial charge in [0.1, 0.15) is 5.25 Å². The second-order valence-electron chi connectivity index (χ2n) is 4.53. The van der Waals surface area contributed by atoms with E-state index in [1.54, 1.807) is 0 Å². The van der Waals surface area contributed by atoms with Crippen LogP contribution in [0.4, 0.5) is 5.69 Å². The van der Waals surface area contributed by atoms with E-state index in [9.17, 15) is 23.3 Å². The van der Waals surface area contributed by atoms with Gasteiger partial charge in [-0.15, -0.1) is 0 Å². The normalized spacial score (nSPS) is 13.3. The first-order valence-electron chi connectivity index (χ1n) is 5.70. The molecule has 0 amide bonds. The van der Waals surface area contributed by atoms with E-state index in [2.05, 4.69) is 4.98 Å². The van der Waals surface area contributed by atoms with Gasteiger partial charge in [0.15, 0.2) is 15.6 Å². The molecule has 1 atom stereocenters. The summed E-state index contributed by atoms with van der Waals surface area (Å²) in [6, 6.07) is 4.05. The molecule has 0 saturated carbocycles. The number of carbonyl (C=O) groups is 1. The van der Waals surface area contributed by atoms with Crippen LogP contribution in [-0.2, 0) is 9.84 Å². The molecule has 0 bridgehead atoms. The molecular weight excluding hydrogens is 284 g/mol. The molecule has 2 aromatic rings. The van der Waals surface area contributed by atoms with Crippen molar-refractivity contribution in [3.63, 3.8) is 0 Å². The summed E-state index contributed by atoms with van der Waals surface area (Å²) in [6.45, 7) is 1.30. The number of non-ortho nitro benzene ring substituents is 1. The van der Waals surface area contributed by atoms with Crippen LogP contribution in [0.2, 0.25) is 0 Å². The Kier molecular flexibility index (Phi) is 3.34. The predicted molar refractivity (Wildman–Crippen MR) is 73.6 cm³/mol. The molecule has 1 N–H and O–H groups in total. The number of nitro benzene ring substituents is 1. The Balaban J connectivity index is 2.58. The van der Waals surface area contributed by atoms with Crippen molar-refractivity contribution in [2.45, 2.75) is 12.2 Å². The minimum Gasteiger partial charge on any atom is -0.360 e. The van der Waals surface area contributed by atoms with Gasteiger partial charge in [0, 0.05) is 41.1 Å². The number of rotatable bonds is 4. The lowest BCUT2D eigenvalue weighted by Crippen LogP contribution is -2.26. The summed E-state index contributed by atoms with van der Waals surface area (Å²) in [7, 11) is -3.52. The zero-order valence-corrected chi connectivity index (χ0v) is 11.6. The molecule has 0 saturated heterocycles. The number of aromatic amines is 1. The number of carbonyl (C=O) groups excluding carboxylic acids is 1. The second kappa shape index (κ2) is 4.71. The molecule has 0 fully saturated rings. The van der Waals surface area contributed by atoms with Crippen LogP contribution in [0.3, 0.4) is 0 Å². The average Bonchev–Trinajstić information content (AvgIpc) is 2.78. The molecule has 0 aliphatic rings. The van der Waals surface area contributed by atoms with Crippen molar-refractivity contribution in [3.8, 4) is 0 Å². The van der Waals surface area contributed by atoms with Crippen LogP contribution in [0.5, 0.6) is 0 Å². The molecule has 106 valence electrons. The Morgan fingerprint density at radius 2 is 2.05 bits per heavy atom. The number of nitro groups is 1. The highest BCUT2D eigenvalue weighted by Crippen LogP contribution is 2.25. The minimum absolute atomic E-state index is 0.140. The molecule has 7 nitrogen and oxygen atoms in total. The van der Waals surface area contributed by atoms with E-state index in [0.29, 0.717) is 10.9 Å². The quantitative estimate of drug-likeness (QED) is 0.524. The minimum atomic E-state index is -3.52. The molecule has 1 unspecified atom stereocenters. The van der Waals surface area contributed by atoms with Crippen molar-refractivity contribution in [2.24, 2.45) is 0 Å². The van der Waals surface area contributed by atoms with Gasteiger partial charge < -0.3 is 4.98 Å². The number of hydrogen-bond acceptors (Lipinski definition) is 5. The average molecular weight is 296 g/mol. The maximum Gasteiger partial charge on any atom is 0.270 e. The smallest absolute Gasteiger partial charge is 0.270 e. The van der Waals surface area contributed by atoms with Crippen LogP contribution in [0, 0.1) is 10.1 Å². The van der Waals surface area contributed by atoms with Crippen molar-refractivity contribution >= 4 is 32.2 Å². The second-order valence-corrected chi connectivity index (χ2v) is 6.89. The molecule has 0 radical (unpaired) electrons. The lowest BCUT2D eigenvalue weighted by atomic mass is 10.1. The summed E-state index contributed by atoms with van der Waals surface area (Å²) in [6.07, 6.45) is 2.35. The number of fused-ring (bicyclic) bond motifs is 1. The van der Waals surface area contributed by atoms with Gasteiger partial charge in [-0.3, -0.25) is 14.9 Å². The summed E-state index contributed by atoms with van der Waals surface area (Å²) in [5.74, 6) is -0.584. The van der Waals surface area contributed by atoms with Gasteiger partial charge >= 0.3 is 0 Å². The fourth-order valence-corrected chi connectivity index (χ4v) is 2.36. The third-order valence-corrected chi connectivity index (χ3v) is 4.65. The molecule has 0 spiro atoms. The largest absolute Gasteiger partial charge is 0.360 e. The number of aromatic nitrogens is 1. The zero-order valence-electron chi connectivity index (χ0n) is 10.8. The summed E-state index contributed by atoms with van der Waals surface area (Å²) in [4.78, 5) is 25.2. The molecule has 0 aliphatic carbocycles. The van der Waals surface area contributed by atoms with Gasteiger partial charge in [0.25, 0.3) is 5.69 Å². The van der Waals surface area contributed by atoms with Crippen molar-refractivity contribution in [1.82, 2.24) is 4.98 Å². The number of Topliss-reactive ketones (excluding diaryl/α,β-unsaturated/α-hetero) is 1. The van der Waals surface area contributed by atoms with Gasteiger partial charge in [-0.25, -0.2) is 8.42 Å². The number of nitrogens with one attached hydrogen (secondary N) is 1. The topological polar surface area (TPSA) is 110 Å². The zero-order chi connectivity index (χ0) is 15.1. The van der Waals surface area contributed by atoms with Crippen molar-refractivity contribution in [3.05, 3.63) is 40.1 Å². The number of benzene rings is 1. The molecule has 0 aliphatic heterocycles.